The minimum atomic E-state index is 0. The van der Waals surface area contributed by atoms with Crippen molar-refractivity contribution >= 4 is 11.4 Å². The van der Waals surface area contributed by atoms with Gasteiger partial charge in [0.05, 0.1) is 0 Å². The SMILES string of the molecule is CCCCCCCCCCCCCCCCCCc1cc(CCCCCCCCCCCCCCCCCC)cc(C2=C(CCCC)C(CCCCCC)=C(c3cc(CCCCCCCCCCCCCCCCCC)cc(CCCCCCCCCCCCCCCCCC)c3)[N+]2=[N-])c1.[Pd]. The van der Waals surface area contributed by atoms with Crippen molar-refractivity contribution < 1.29 is 25.1 Å². The van der Waals surface area contributed by atoms with E-state index in [0.29, 0.717) is 0 Å². The first-order valence-electron chi connectivity index (χ1n) is 46.7. The molecule has 0 bridgehead atoms. The summed E-state index contributed by atoms with van der Waals surface area (Å²) in [7, 11) is 0. The van der Waals surface area contributed by atoms with Crippen molar-refractivity contribution in [1.82, 2.24) is 0 Å². The van der Waals surface area contributed by atoms with Crippen molar-refractivity contribution in [3.05, 3.63) is 86.5 Å². The number of benzene rings is 2. The van der Waals surface area contributed by atoms with E-state index in [1.807, 2.05) is 0 Å². The van der Waals surface area contributed by atoms with Crippen molar-refractivity contribution in [2.75, 3.05) is 0 Å². The maximum Gasteiger partial charge on any atom is 0.211 e. The van der Waals surface area contributed by atoms with Crippen LogP contribution >= 0.6 is 0 Å². The van der Waals surface area contributed by atoms with E-state index < -0.39 is 0 Å². The molecule has 1 heterocycles. The van der Waals surface area contributed by atoms with Gasteiger partial charge in [0.25, 0.3) is 0 Å². The molecule has 0 atom stereocenters. The zero-order chi connectivity index (χ0) is 71.3. The first-order valence-corrected chi connectivity index (χ1v) is 46.7. The van der Waals surface area contributed by atoms with Crippen molar-refractivity contribution in [2.45, 2.75) is 530 Å². The van der Waals surface area contributed by atoms with Crippen molar-refractivity contribution in [2.24, 2.45) is 0 Å². The Kier molecular flexibility index (Phi) is 68.3. The molecule has 0 N–H and O–H groups in total. The van der Waals surface area contributed by atoms with Crippen LogP contribution < -0.4 is 0 Å². The van der Waals surface area contributed by atoms with Crippen LogP contribution in [0, 0.1) is 0 Å². The van der Waals surface area contributed by atoms with E-state index >= 15 is 0 Å². The molecule has 101 heavy (non-hydrogen) atoms. The molecular weight excluding hydrogens is 1310 g/mol. The molecule has 0 unspecified atom stereocenters. The number of hydrogen-bond acceptors (Lipinski definition) is 0. The fraction of sp³-hybridized carbons (Fsp3) is 0.837. The molecule has 2 aromatic rings. The van der Waals surface area contributed by atoms with E-state index in [-0.39, 0.29) is 20.4 Å². The minimum absolute atomic E-state index is 0. The molecule has 588 valence electrons. The van der Waals surface area contributed by atoms with Gasteiger partial charge in [-0.05, 0) is 124 Å². The van der Waals surface area contributed by atoms with Gasteiger partial charge < -0.3 is 5.53 Å². The average Bonchev–Trinajstić information content (AvgIpc) is 1.61. The molecule has 0 amide bonds. The third-order valence-corrected chi connectivity index (χ3v) is 23.3. The van der Waals surface area contributed by atoms with Crippen molar-refractivity contribution in [3.63, 3.8) is 0 Å². The van der Waals surface area contributed by atoms with Gasteiger partial charge in [-0.15, -0.1) is 0 Å². The third kappa shape index (κ3) is 52.0. The smallest absolute Gasteiger partial charge is 0.211 e. The van der Waals surface area contributed by atoms with Gasteiger partial charge >= 0.3 is 0 Å². The van der Waals surface area contributed by atoms with Gasteiger partial charge in [-0.2, -0.15) is 0 Å². The molecular formula is C98H176N2Pd. The van der Waals surface area contributed by atoms with Crippen molar-refractivity contribution in [1.29, 1.82) is 0 Å². The number of rotatable bonds is 78. The predicted molar refractivity (Wildman–Crippen MR) is 452 cm³/mol. The minimum Gasteiger partial charge on any atom is -0.493 e. The number of nitrogens with zero attached hydrogens (tertiary/aromatic N) is 2. The van der Waals surface area contributed by atoms with Crippen LogP contribution in [0.5, 0.6) is 0 Å². The maximum absolute atomic E-state index is 13.4. The molecule has 0 fully saturated rings. The van der Waals surface area contributed by atoms with Crippen LogP contribution in [0.15, 0.2) is 47.5 Å². The average molecular weight is 1490 g/mol. The summed E-state index contributed by atoms with van der Waals surface area (Å²) in [6.07, 6.45) is 104. The van der Waals surface area contributed by atoms with Crippen LogP contribution in [0.25, 0.3) is 16.9 Å². The summed E-state index contributed by atoms with van der Waals surface area (Å²) in [5.74, 6) is 0. The molecule has 3 heteroatoms. The molecule has 1 aliphatic rings. The van der Waals surface area contributed by atoms with Crippen LogP contribution in [-0.2, 0) is 46.1 Å². The maximum atomic E-state index is 13.4. The van der Waals surface area contributed by atoms with Crippen LogP contribution in [0.2, 0.25) is 0 Å². The molecule has 1 aliphatic heterocycles. The Morgan fingerprint density at radius 1 is 0.178 bits per heavy atom. The summed E-state index contributed by atoms with van der Waals surface area (Å²) in [6.45, 7) is 14.0. The van der Waals surface area contributed by atoms with Gasteiger partial charge in [0.15, 0.2) is 0 Å². The Morgan fingerprint density at radius 2 is 0.317 bits per heavy atom. The van der Waals surface area contributed by atoms with Crippen LogP contribution in [0.3, 0.4) is 0 Å². The second-order valence-electron chi connectivity index (χ2n) is 33.2. The second kappa shape index (κ2) is 72.4. The van der Waals surface area contributed by atoms with Crippen LogP contribution in [-0.4, -0.2) is 4.70 Å². The summed E-state index contributed by atoms with van der Waals surface area (Å²) in [5, 5.41) is 0. The van der Waals surface area contributed by atoms with Crippen molar-refractivity contribution in [3.8, 4) is 0 Å². The first-order chi connectivity index (χ1) is 49.5. The van der Waals surface area contributed by atoms with E-state index in [0.717, 1.165) is 56.3 Å². The van der Waals surface area contributed by atoms with Gasteiger partial charge in [-0.3, -0.25) is 0 Å². The third-order valence-electron chi connectivity index (χ3n) is 23.3. The van der Waals surface area contributed by atoms with Gasteiger partial charge in [0.1, 0.15) is 0 Å². The van der Waals surface area contributed by atoms with E-state index in [1.165, 1.54) is 488 Å². The quantitative estimate of drug-likeness (QED) is 0.0358. The number of aryl methyl sites for hydroxylation is 4. The normalized spacial score (nSPS) is 12.6. The van der Waals surface area contributed by atoms with Gasteiger partial charge in [-0.1, -0.05) is 465 Å². The van der Waals surface area contributed by atoms with E-state index in [9.17, 15) is 5.53 Å². The summed E-state index contributed by atoms with van der Waals surface area (Å²) < 4.78 is 1.79. The van der Waals surface area contributed by atoms with Crippen LogP contribution in [0.4, 0.5) is 0 Å². The van der Waals surface area contributed by atoms with Crippen LogP contribution in [0.1, 0.15) is 537 Å². The molecule has 0 aliphatic carbocycles. The largest absolute Gasteiger partial charge is 0.493 e. The molecule has 2 aromatic carbocycles. The zero-order valence-corrected chi connectivity index (χ0v) is 71.0. The van der Waals surface area contributed by atoms with Gasteiger partial charge in [0.2, 0.25) is 11.4 Å². The summed E-state index contributed by atoms with van der Waals surface area (Å²) in [4.78, 5) is 0. The van der Waals surface area contributed by atoms with Gasteiger partial charge in [-0.25, -0.2) is 4.70 Å². The summed E-state index contributed by atoms with van der Waals surface area (Å²) in [5.41, 5.74) is 27.1. The Labute approximate surface area is 648 Å². The molecule has 0 saturated heterocycles. The zero-order valence-electron chi connectivity index (χ0n) is 69.4. The first kappa shape index (κ1) is 95.3. The summed E-state index contributed by atoms with van der Waals surface area (Å²) in [6, 6.07) is 15.4. The second-order valence-corrected chi connectivity index (χ2v) is 33.2. The molecule has 0 spiro atoms. The fourth-order valence-electron chi connectivity index (χ4n) is 16.8. The topological polar surface area (TPSA) is 25.3 Å². The van der Waals surface area contributed by atoms with Gasteiger partial charge in [0, 0.05) is 42.7 Å². The van der Waals surface area contributed by atoms with E-state index in [4.69, 9.17) is 0 Å². The standard InChI is InChI=1S/C98H176N2.Pd/c1-7-13-19-24-28-32-36-40-44-48-52-56-60-64-68-72-77-89-83-90(78-73-69-65-61-57-53-49-45-41-37-33-29-25-20-14-8-2)86-93(85-89)97-95(81-18-12-6)96(82-76-23-17-11-5)98(100(97)99)94-87-91(79-74-70-66-62-58-54-50-46-42-38-34-30-26-21-15-9-3)84-92(88-94)80-75-71-67-63-59-55-51-47-43-39-35-31-27-22-16-10-4;/h83-88H,7-82H2,1-6H3;. The molecule has 3 rings (SSSR count). The number of unbranched alkanes of at least 4 members (excludes halogenated alkanes) is 64. The molecule has 0 aromatic heterocycles. The Balaban J connectivity index is 0.0000347. The summed E-state index contributed by atoms with van der Waals surface area (Å²) >= 11 is 0. The van der Waals surface area contributed by atoms with E-state index in [1.54, 1.807) is 4.70 Å². The van der Waals surface area contributed by atoms with E-state index in [2.05, 4.69) is 77.9 Å². The Bertz CT molecular complexity index is 2090. The number of hydrogen-bond donors (Lipinski definition) is 0. The fourth-order valence-corrected chi connectivity index (χ4v) is 16.8. The number of allylic oxidation sites excluding steroid dienone is 2. The molecule has 2 nitrogen and oxygen atoms in total. The Morgan fingerprint density at radius 3 is 0.495 bits per heavy atom. The molecule has 0 radical (unpaired) electrons. The molecule has 0 saturated carbocycles. The predicted octanol–water partition coefficient (Wildman–Crippen LogP) is 35.2. The Hall–Kier alpha value is -1.82. The monoisotopic (exact) mass is 1490 g/mol.